The molecule has 0 saturated heterocycles. The van der Waals surface area contributed by atoms with Gasteiger partial charge in [0, 0.05) is 18.3 Å². The van der Waals surface area contributed by atoms with Gasteiger partial charge in [-0.25, -0.2) is 9.78 Å². The Bertz CT molecular complexity index is 294. The molecule has 0 aliphatic carbocycles. The molecule has 0 amide bonds. The minimum atomic E-state index is -0.431. The molecule has 0 fully saturated rings. The van der Waals surface area contributed by atoms with Gasteiger partial charge in [0.15, 0.2) is 0 Å². The van der Waals surface area contributed by atoms with E-state index in [1.807, 2.05) is 0 Å². The highest BCUT2D eigenvalue weighted by Gasteiger charge is 2.00. The first-order valence-electron chi connectivity index (χ1n) is 3.10. The average Bonchev–Trinajstić information content (AvgIpc) is 2.04. The van der Waals surface area contributed by atoms with Crippen molar-refractivity contribution in [2.24, 2.45) is 5.73 Å². The van der Waals surface area contributed by atoms with Crippen molar-refractivity contribution in [1.29, 1.82) is 0 Å². The summed E-state index contributed by atoms with van der Waals surface area (Å²) in [5.74, 6) is 0.382. The summed E-state index contributed by atoms with van der Waals surface area (Å²) in [4.78, 5) is 16.5. The number of aromatic amines is 1. The fourth-order valence-corrected chi connectivity index (χ4v) is 0.732. The zero-order valence-corrected chi connectivity index (χ0v) is 6.13. The van der Waals surface area contributed by atoms with Crippen molar-refractivity contribution in [3.8, 4) is 5.88 Å². The molecule has 5 nitrogen and oxygen atoms in total. The van der Waals surface area contributed by atoms with E-state index in [1.54, 1.807) is 0 Å². The minimum absolute atomic E-state index is 0.299. The number of hydrogen-bond donors (Lipinski definition) is 2. The van der Waals surface area contributed by atoms with Gasteiger partial charge in [-0.15, -0.1) is 0 Å². The summed E-state index contributed by atoms with van der Waals surface area (Å²) in [5, 5.41) is 0. The first-order valence-corrected chi connectivity index (χ1v) is 3.10. The normalized spacial score (nSPS) is 9.64. The standard InChI is InChI=1S/C6H9N3O2/c1-11-5-4(2-7)3-8-6(10)9-5/h3H,2,7H2,1H3,(H,8,9,10). The summed E-state index contributed by atoms with van der Waals surface area (Å²) < 4.78 is 4.84. The van der Waals surface area contributed by atoms with Gasteiger partial charge in [0.2, 0.25) is 5.88 Å². The van der Waals surface area contributed by atoms with Gasteiger partial charge in [-0.2, -0.15) is 0 Å². The van der Waals surface area contributed by atoms with E-state index in [0.29, 0.717) is 18.0 Å². The smallest absolute Gasteiger partial charge is 0.347 e. The third kappa shape index (κ3) is 1.56. The number of nitrogens with two attached hydrogens (primary N) is 1. The van der Waals surface area contributed by atoms with Crippen molar-refractivity contribution in [2.75, 3.05) is 7.11 Å². The van der Waals surface area contributed by atoms with Crippen LogP contribution in [0.2, 0.25) is 0 Å². The zero-order valence-electron chi connectivity index (χ0n) is 6.13. The monoisotopic (exact) mass is 155 g/mol. The van der Waals surface area contributed by atoms with Gasteiger partial charge in [0.25, 0.3) is 0 Å². The van der Waals surface area contributed by atoms with E-state index >= 15 is 0 Å². The molecule has 0 radical (unpaired) electrons. The number of methoxy groups -OCH3 is 1. The molecule has 1 rings (SSSR count). The molecule has 3 N–H and O–H groups in total. The van der Waals surface area contributed by atoms with Gasteiger partial charge in [-0.1, -0.05) is 0 Å². The molecule has 1 aromatic rings. The molecule has 0 aliphatic rings. The second kappa shape index (κ2) is 3.16. The van der Waals surface area contributed by atoms with Crippen molar-refractivity contribution in [1.82, 2.24) is 9.97 Å². The molecule has 0 bridgehead atoms. The minimum Gasteiger partial charge on any atom is -0.482 e. The Labute approximate surface area is 63.2 Å². The Hall–Kier alpha value is -1.36. The van der Waals surface area contributed by atoms with Crippen LogP contribution in [-0.4, -0.2) is 17.1 Å². The van der Waals surface area contributed by atoms with E-state index in [4.69, 9.17) is 10.5 Å². The number of nitrogens with one attached hydrogen (secondary N) is 1. The summed E-state index contributed by atoms with van der Waals surface area (Å²) in [6.07, 6.45) is 1.40. The van der Waals surface area contributed by atoms with Gasteiger partial charge < -0.3 is 10.5 Å². The number of ether oxygens (including phenoxy) is 1. The lowest BCUT2D eigenvalue weighted by Gasteiger charge is -2.02. The van der Waals surface area contributed by atoms with Crippen LogP contribution in [0.4, 0.5) is 0 Å². The Balaban J connectivity index is 3.16. The number of H-pyrrole nitrogens is 1. The molecule has 11 heavy (non-hydrogen) atoms. The fraction of sp³-hybridized carbons (Fsp3) is 0.333. The van der Waals surface area contributed by atoms with Gasteiger partial charge in [0.1, 0.15) is 0 Å². The van der Waals surface area contributed by atoms with E-state index in [2.05, 4.69) is 9.97 Å². The number of hydrogen-bond acceptors (Lipinski definition) is 4. The number of aromatic nitrogens is 2. The summed E-state index contributed by atoms with van der Waals surface area (Å²) >= 11 is 0. The topological polar surface area (TPSA) is 81.0 Å². The third-order valence-electron chi connectivity index (χ3n) is 1.27. The maximum Gasteiger partial charge on any atom is 0.347 e. The lowest BCUT2D eigenvalue weighted by molar-refractivity contribution is 0.389. The van der Waals surface area contributed by atoms with Crippen molar-refractivity contribution in [3.63, 3.8) is 0 Å². The van der Waals surface area contributed by atoms with Crippen LogP contribution in [0, 0.1) is 0 Å². The summed E-state index contributed by atoms with van der Waals surface area (Å²) in [6.45, 7) is 0.299. The second-order valence-corrected chi connectivity index (χ2v) is 1.95. The SMILES string of the molecule is COc1[nH]c(=O)ncc1CN. The van der Waals surface area contributed by atoms with Crippen molar-refractivity contribution in [2.45, 2.75) is 6.54 Å². The van der Waals surface area contributed by atoms with E-state index in [-0.39, 0.29) is 0 Å². The molecule has 0 spiro atoms. The highest BCUT2D eigenvalue weighted by Crippen LogP contribution is 2.08. The van der Waals surface area contributed by atoms with E-state index in [1.165, 1.54) is 13.3 Å². The van der Waals surface area contributed by atoms with Crippen LogP contribution in [-0.2, 0) is 6.54 Å². The summed E-state index contributed by atoms with van der Waals surface area (Å²) in [5.41, 5.74) is 5.59. The van der Waals surface area contributed by atoms with Crippen molar-refractivity contribution >= 4 is 0 Å². The Morgan fingerprint density at radius 1 is 1.82 bits per heavy atom. The molecule has 5 heteroatoms. The lowest BCUT2D eigenvalue weighted by Crippen LogP contribution is -2.13. The molecule has 0 saturated carbocycles. The van der Waals surface area contributed by atoms with Crippen molar-refractivity contribution in [3.05, 3.63) is 22.2 Å². The van der Waals surface area contributed by atoms with Gasteiger partial charge in [-0.05, 0) is 0 Å². The Morgan fingerprint density at radius 2 is 2.55 bits per heavy atom. The molecule has 0 aliphatic heterocycles. The number of rotatable bonds is 2. The number of nitrogens with zero attached hydrogens (tertiary/aromatic N) is 1. The van der Waals surface area contributed by atoms with E-state index in [9.17, 15) is 4.79 Å². The molecule has 0 atom stereocenters. The van der Waals surface area contributed by atoms with Crippen molar-refractivity contribution < 1.29 is 4.74 Å². The average molecular weight is 155 g/mol. The van der Waals surface area contributed by atoms with Crippen LogP contribution in [0.5, 0.6) is 5.88 Å². The highest BCUT2D eigenvalue weighted by atomic mass is 16.5. The molecular weight excluding hydrogens is 146 g/mol. The predicted octanol–water partition coefficient (Wildman–Crippen LogP) is -0.763. The predicted molar refractivity (Wildman–Crippen MR) is 39.3 cm³/mol. The maximum atomic E-state index is 10.6. The third-order valence-corrected chi connectivity index (χ3v) is 1.27. The Morgan fingerprint density at radius 3 is 3.09 bits per heavy atom. The van der Waals surface area contributed by atoms with Gasteiger partial charge >= 0.3 is 5.69 Å². The Kier molecular flexibility index (Phi) is 2.22. The molecule has 1 heterocycles. The van der Waals surface area contributed by atoms with Gasteiger partial charge in [0.05, 0.1) is 7.11 Å². The quantitative estimate of drug-likeness (QED) is 0.588. The van der Waals surface area contributed by atoms with E-state index < -0.39 is 5.69 Å². The molecule has 0 unspecified atom stereocenters. The van der Waals surface area contributed by atoms with E-state index in [0.717, 1.165) is 0 Å². The van der Waals surface area contributed by atoms with Crippen LogP contribution in [0.1, 0.15) is 5.56 Å². The molecule has 1 aromatic heterocycles. The van der Waals surface area contributed by atoms with Crippen LogP contribution >= 0.6 is 0 Å². The van der Waals surface area contributed by atoms with Crippen LogP contribution in [0.3, 0.4) is 0 Å². The maximum absolute atomic E-state index is 10.6. The zero-order chi connectivity index (χ0) is 8.27. The van der Waals surface area contributed by atoms with Crippen LogP contribution in [0.15, 0.2) is 11.0 Å². The molecule has 0 aromatic carbocycles. The van der Waals surface area contributed by atoms with Gasteiger partial charge in [-0.3, -0.25) is 4.98 Å². The molecular formula is C6H9N3O2. The highest BCUT2D eigenvalue weighted by molar-refractivity contribution is 5.21. The summed E-state index contributed by atoms with van der Waals surface area (Å²) in [7, 11) is 1.46. The first kappa shape index (κ1) is 7.74. The van der Waals surface area contributed by atoms with Crippen LogP contribution in [0.25, 0.3) is 0 Å². The first-order chi connectivity index (χ1) is 5.27. The van der Waals surface area contributed by atoms with Crippen LogP contribution < -0.4 is 16.2 Å². The second-order valence-electron chi connectivity index (χ2n) is 1.95. The fourth-order valence-electron chi connectivity index (χ4n) is 0.732. The summed E-state index contributed by atoms with van der Waals surface area (Å²) in [6, 6.07) is 0. The lowest BCUT2D eigenvalue weighted by atomic mass is 10.3. The molecule has 60 valence electrons. The largest absolute Gasteiger partial charge is 0.482 e.